The Kier molecular flexibility index (Phi) is 4.83. The van der Waals surface area contributed by atoms with Gasteiger partial charge in [-0.3, -0.25) is 9.69 Å². The molecule has 1 aliphatic carbocycles. The molecule has 5 nitrogen and oxygen atoms in total. The number of carbonyl (C=O) groups is 1. The van der Waals surface area contributed by atoms with Crippen molar-refractivity contribution >= 4 is 5.91 Å². The monoisotopic (exact) mass is 332 g/mol. The second-order valence-electron chi connectivity index (χ2n) is 7.55. The van der Waals surface area contributed by atoms with E-state index in [-0.39, 0.29) is 11.3 Å². The van der Waals surface area contributed by atoms with Crippen LogP contribution >= 0.6 is 0 Å². The van der Waals surface area contributed by atoms with E-state index in [0.717, 1.165) is 24.3 Å². The molecule has 3 atom stereocenters. The van der Waals surface area contributed by atoms with Crippen LogP contribution in [-0.4, -0.2) is 50.3 Å². The second kappa shape index (κ2) is 6.73. The first-order valence-corrected chi connectivity index (χ1v) is 8.65. The van der Waals surface area contributed by atoms with Crippen molar-refractivity contribution in [2.45, 2.75) is 39.0 Å². The summed E-state index contributed by atoms with van der Waals surface area (Å²) >= 11 is 0. The van der Waals surface area contributed by atoms with E-state index in [9.17, 15) is 4.79 Å². The molecule has 0 bridgehead atoms. The minimum Gasteiger partial charge on any atom is -0.497 e. The fraction of sp³-hybridized carbons (Fsp3) is 0.632. The molecule has 2 fully saturated rings. The quantitative estimate of drug-likeness (QED) is 0.866. The molecular weight excluding hydrogens is 304 g/mol. The lowest BCUT2D eigenvalue weighted by Crippen LogP contribution is -2.66. The summed E-state index contributed by atoms with van der Waals surface area (Å²) in [4.78, 5) is 14.5. The van der Waals surface area contributed by atoms with Gasteiger partial charge in [-0.25, -0.2) is 0 Å². The van der Waals surface area contributed by atoms with Crippen LogP contribution in [0.2, 0.25) is 0 Å². The van der Waals surface area contributed by atoms with E-state index in [1.807, 2.05) is 31.3 Å². The predicted octanol–water partition coefficient (Wildman–Crippen LogP) is 2.06. The summed E-state index contributed by atoms with van der Waals surface area (Å²) < 4.78 is 11.1. The average molecular weight is 332 g/mol. The SMILES string of the molecule is COc1cccc(CNC(=O)CN(C)[C@@H]2[C@H]3CCO[C@H]3C2(C)C)c1. The molecular formula is C19H28N2O3. The standard InChI is InChI=1S/C19H28N2O3/c1-19(2)17(15-8-9-24-18(15)19)21(3)12-16(22)20-11-13-6-5-7-14(10-13)23-4/h5-7,10,15,17-18H,8-9,11-12H2,1-4H3,(H,20,22)/t15-,17-,18-/m1/s1. The molecule has 132 valence electrons. The zero-order valence-corrected chi connectivity index (χ0v) is 15.0. The van der Waals surface area contributed by atoms with Crippen LogP contribution in [0, 0.1) is 11.3 Å². The van der Waals surface area contributed by atoms with Crippen LogP contribution < -0.4 is 10.1 Å². The van der Waals surface area contributed by atoms with Crippen LogP contribution in [0.15, 0.2) is 24.3 Å². The number of methoxy groups -OCH3 is 1. The maximum Gasteiger partial charge on any atom is 0.234 e. The molecule has 1 saturated heterocycles. The van der Waals surface area contributed by atoms with E-state index in [2.05, 4.69) is 24.1 Å². The number of amides is 1. The smallest absolute Gasteiger partial charge is 0.234 e. The molecule has 1 aromatic rings. The van der Waals surface area contributed by atoms with Crippen molar-refractivity contribution in [3.05, 3.63) is 29.8 Å². The Morgan fingerprint density at radius 1 is 1.46 bits per heavy atom. The highest BCUT2D eigenvalue weighted by molar-refractivity contribution is 5.78. The molecule has 0 aromatic heterocycles. The zero-order valence-electron chi connectivity index (χ0n) is 15.0. The third-order valence-electron chi connectivity index (χ3n) is 5.53. The van der Waals surface area contributed by atoms with Gasteiger partial charge in [-0.2, -0.15) is 0 Å². The first-order chi connectivity index (χ1) is 11.4. The number of nitrogens with zero attached hydrogens (tertiary/aromatic N) is 1. The molecule has 2 aliphatic rings. The summed E-state index contributed by atoms with van der Waals surface area (Å²) in [5.74, 6) is 1.43. The highest BCUT2D eigenvalue weighted by Crippen LogP contribution is 2.54. The Hall–Kier alpha value is -1.59. The molecule has 1 N–H and O–H groups in total. The predicted molar refractivity (Wildman–Crippen MR) is 92.9 cm³/mol. The average Bonchev–Trinajstić information content (AvgIpc) is 2.99. The van der Waals surface area contributed by atoms with E-state index in [1.165, 1.54) is 0 Å². The van der Waals surface area contributed by atoms with Crippen molar-refractivity contribution in [2.75, 3.05) is 27.3 Å². The highest BCUT2D eigenvalue weighted by Gasteiger charge is 2.60. The Balaban J connectivity index is 1.51. The normalized spacial score (nSPS) is 27.5. The summed E-state index contributed by atoms with van der Waals surface area (Å²) in [6.07, 6.45) is 1.46. The van der Waals surface area contributed by atoms with Gasteiger partial charge in [0.25, 0.3) is 0 Å². The number of hydrogen-bond donors (Lipinski definition) is 1. The second-order valence-corrected chi connectivity index (χ2v) is 7.55. The minimum absolute atomic E-state index is 0.0542. The molecule has 24 heavy (non-hydrogen) atoms. The van der Waals surface area contributed by atoms with Crippen LogP contribution in [0.4, 0.5) is 0 Å². The van der Waals surface area contributed by atoms with Crippen molar-refractivity contribution in [3.8, 4) is 5.75 Å². The van der Waals surface area contributed by atoms with Crippen molar-refractivity contribution in [1.82, 2.24) is 10.2 Å². The molecule has 0 radical (unpaired) electrons. The number of likely N-dealkylation sites (N-methyl/N-ethyl adjacent to an activating group) is 1. The molecule has 0 spiro atoms. The van der Waals surface area contributed by atoms with E-state index >= 15 is 0 Å². The van der Waals surface area contributed by atoms with E-state index in [0.29, 0.717) is 31.2 Å². The van der Waals surface area contributed by atoms with Gasteiger partial charge in [0.2, 0.25) is 5.91 Å². The topological polar surface area (TPSA) is 50.8 Å². The number of ether oxygens (including phenoxy) is 2. The van der Waals surface area contributed by atoms with Gasteiger partial charge in [0, 0.05) is 30.5 Å². The van der Waals surface area contributed by atoms with Crippen molar-refractivity contribution in [2.24, 2.45) is 11.3 Å². The number of rotatable bonds is 6. The van der Waals surface area contributed by atoms with Gasteiger partial charge in [-0.15, -0.1) is 0 Å². The zero-order chi connectivity index (χ0) is 17.3. The van der Waals surface area contributed by atoms with Crippen molar-refractivity contribution < 1.29 is 14.3 Å². The Bertz CT molecular complexity index is 602. The third-order valence-corrected chi connectivity index (χ3v) is 5.53. The third kappa shape index (κ3) is 3.15. The maximum atomic E-state index is 12.3. The lowest BCUT2D eigenvalue weighted by Gasteiger charge is -2.57. The van der Waals surface area contributed by atoms with Crippen LogP contribution in [0.3, 0.4) is 0 Å². The maximum absolute atomic E-state index is 12.3. The lowest BCUT2D eigenvalue weighted by molar-refractivity contribution is -0.154. The van der Waals surface area contributed by atoms with E-state index in [4.69, 9.17) is 9.47 Å². The van der Waals surface area contributed by atoms with Crippen LogP contribution in [0.1, 0.15) is 25.8 Å². The van der Waals surface area contributed by atoms with Gasteiger partial charge in [0.15, 0.2) is 0 Å². The molecule has 3 rings (SSSR count). The lowest BCUT2D eigenvalue weighted by atomic mass is 9.57. The summed E-state index contributed by atoms with van der Waals surface area (Å²) in [7, 11) is 3.69. The van der Waals surface area contributed by atoms with Crippen LogP contribution in [0.5, 0.6) is 5.75 Å². The molecule has 1 saturated carbocycles. The number of carbonyl (C=O) groups excluding carboxylic acids is 1. The Morgan fingerprint density at radius 2 is 2.25 bits per heavy atom. The summed E-state index contributed by atoms with van der Waals surface area (Å²) in [5.41, 5.74) is 1.15. The van der Waals surface area contributed by atoms with Gasteiger partial charge in [-0.1, -0.05) is 26.0 Å². The Morgan fingerprint density at radius 3 is 3.00 bits per heavy atom. The van der Waals surface area contributed by atoms with Crippen molar-refractivity contribution in [1.29, 1.82) is 0 Å². The summed E-state index contributed by atoms with van der Waals surface area (Å²) in [5, 5.41) is 3.00. The van der Waals surface area contributed by atoms with Gasteiger partial charge >= 0.3 is 0 Å². The summed E-state index contributed by atoms with van der Waals surface area (Å²) in [6.45, 7) is 6.28. The first kappa shape index (κ1) is 17.2. The molecule has 5 heteroatoms. The molecule has 0 unspecified atom stereocenters. The summed E-state index contributed by atoms with van der Waals surface area (Å²) in [6, 6.07) is 8.18. The van der Waals surface area contributed by atoms with E-state index < -0.39 is 0 Å². The van der Waals surface area contributed by atoms with Crippen LogP contribution in [-0.2, 0) is 16.1 Å². The van der Waals surface area contributed by atoms with E-state index in [1.54, 1.807) is 7.11 Å². The Labute approximate surface area is 144 Å². The van der Waals surface area contributed by atoms with Crippen molar-refractivity contribution in [3.63, 3.8) is 0 Å². The van der Waals surface area contributed by atoms with Gasteiger partial charge in [-0.05, 0) is 31.2 Å². The number of hydrogen-bond acceptors (Lipinski definition) is 4. The van der Waals surface area contributed by atoms with Gasteiger partial charge in [0.05, 0.1) is 19.8 Å². The molecule has 1 aliphatic heterocycles. The van der Waals surface area contributed by atoms with Gasteiger partial charge < -0.3 is 14.8 Å². The van der Waals surface area contributed by atoms with Gasteiger partial charge in [0.1, 0.15) is 5.75 Å². The molecule has 1 amide bonds. The first-order valence-electron chi connectivity index (χ1n) is 8.65. The number of fused-ring (bicyclic) bond motifs is 1. The number of benzene rings is 1. The minimum atomic E-state index is 0.0542. The molecule has 1 aromatic carbocycles. The fourth-order valence-electron chi connectivity index (χ4n) is 4.56. The highest BCUT2D eigenvalue weighted by atomic mass is 16.5. The fourth-order valence-corrected chi connectivity index (χ4v) is 4.56. The number of nitrogens with one attached hydrogen (secondary N) is 1. The molecule has 1 heterocycles. The largest absolute Gasteiger partial charge is 0.497 e. The van der Waals surface area contributed by atoms with Crippen LogP contribution in [0.25, 0.3) is 0 Å².